The summed E-state index contributed by atoms with van der Waals surface area (Å²) in [6, 6.07) is 0. The van der Waals surface area contributed by atoms with E-state index < -0.39 is 30.0 Å². The van der Waals surface area contributed by atoms with Gasteiger partial charge in [-0.3, -0.25) is 34.0 Å². The van der Waals surface area contributed by atoms with Crippen molar-refractivity contribution in [1.82, 2.24) is 19.6 Å². The number of nitrogens with two attached hydrogens (primary N) is 1. The Kier molecular flexibility index (Phi) is 12.7. The van der Waals surface area contributed by atoms with Crippen LogP contribution in [0, 0.1) is 0 Å². The highest BCUT2D eigenvalue weighted by Crippen LogP contribution is 2.04. The van der Waals surface area contributed by atoms with Gasteiger partial charge >= 0.3 is 23.9 Å². The monoisotopic (exact) mass is 461 g/mol. The number of ether oxygens (including phenoxy) is 3. The van der Waals surface area contributed by atoms with E-state index in [2.05, 4.69) is 0 Å². The molecule has 0 aliphatic carbocycles. The summed E-state index contributed by atoms with van der Waals surface area (Å²) in [5.74, 6) is -2.40. The molecule has 0 aromatic heterocycles. The molecule has 3 N–H and O–H groups in total. The van der Waals surface area contributed by atoms with E-state index in [0.717, 1.165) is 0 Å². The van der Waals surface area contributed by atoms with Gasteiger partial charge in [0.1, 0.15) is 0 Å². The van der Waals surface area contributed by atoms with Crippen molar-refractivity contribution in [3.63, 3.8) is 0 Å². The number of rotatable bonds is 8. The van der Waals surface area contributed by atoms with Gasteiger partial charge in [-0.05, 0) is 0 Å². The predicted octanol–water partition coefficient (Wildman–Crippen LogP) is -2.90. The number of carbonyl (C=O) groups excluding carboxylic acids is 3. The molecule has 1 atom stereocenters. The van der Waals surface area contributed by atoms with Gasteiger partial charge in [0.25, 0.3) is 0 Å². The number of methoxy groups -OCH3 is 3. The van der Waals surface area contributed by atoms with Crippen molar-refractivity contribution in [3.05, 3.63) is 0 Å². The second-order valence-electron chi connectivity index (χ2n) is 7.38. The van der Waals surface area contributed by atoms with Crippen molar-refractivity contribution >= 4 is 23.9 Å². The number of esters is 3. The lowest BCUT2D eigenvalue weighted by Crippen LogP contribution is -2.54. The molecule has 1 saturated heterocycles. The van der Waals surface area contributed by atoms with Crippen molar-refractivity contribution < 1.29 is 38.5 Å². The van der Waals surface area contributed by atoms with Crippen LogP contribution in [0.1, 0.15) is 0 Å². The van der Waals surface area contributed by atoms with E-state index in [4.69, 9.17) is 19.9 Å². The zero-order valence-electron chi connectivity index (χ0n) is 19.0. The fraction of sp³-hybridized carbons (Fsp3) is 0.789. The van der Waals surface area contributed by atoms with Crippen molar-refractivity contribution in [2.24, 2.45) is 5.73 Å². The van der Waals surface area contributed by atoms with E-state index in [9.17, 15) is 24.3 Å². The summed E-state index contributed by atoms with van der Waals surface area (Å²) in [7, 11) is 3.90. The third-order valence-electron chi connectivity index (χ3n) is 5.26. The molecule has 0 amide bonds. The molecule has 1 aliphatic rings. The topological polar surface area (TPSA) is 155 Å². The molecule has 1 fully saturated rings. The van der Waals surface area contributed by atoms with Crippen LogP contribution in [-0.2, 0) is 33.4 Å². The minimum absolute atomic E-state index is 0.0210. The molecule has 13 heteroatoms. The summed E-state index contributed by atoms with van der Waals surface area (Å²) in [4.78, 5) is 54.1. The Labute approximate surface area is 187 Å². The predicted molar refractivity (Wildman–Crippen MR) is 113 cm³/mol. The van der Waals surface area contributed by atoms with Gasteiger partial charge in [-0.2, -0.15) is 0 Å². The Bertz CT molecular complexity index is 601. The third-order valence-corrected chi connectivity index (χ3v) is 5.26. The molecule has 1 heterocycles. The van der Waals surface area contributed by atoms with Crippen LogP contribution in [0.4, 0.5) is 0 Å². The molecule has 32 heavy (non-hydrogen) atoms. The molecule has 0 saturated carbocycles. The molecule has 0 spiro atoms. The highest BCUT2D eigenvalue weighted by molar-refractivity contribution is 5.73. The van der Waals surface area contributed by atoms with Crippen molar-refractivity contribution in [3.8, 4) is 0 Å². The minimum Gasteiger partial charge on any atom is -0.479 e. The maximum absolute atomic E-state index is 11.8. The van der Waals surface area contributed by atoms with Gasteiger partial charge in [-0.1, -0.05) is 0 Å². The molecule has 0 radical (unpaired) electrons. The minimum atomic E-state index is -1.23. The summed E-state index contributed by atoms with van der Waals surface area (Å²) in [6.45, 7) is 3.15. The lowest BCUT2D eigenvalue weighted by Gasteiger charge is -2.34. The molecule has 13 nitrogen and oxygen atoms in total. The van der Waals surface area contributed by atoms with Gasteiger partial charge in [-0.15, -0.1) is 0 Å². The Balaban J connectivity index is 3.04. The van der Waals surface area contributed by atoms with Crippen molar-refractivity contribution in [1.29, 1.82) is 0 Å². The Morgan fingerprint density at radius 3 is 1.22 bits per heavy atom. The molecule has 0 aromatic rings. The summed E-state index contributed by atoms with van der Waals surface area (Å²) < 4.78 is 14.3. The van der Waals surface area contributed by atoms with Gasteiger partial charge in [-0.25, -0.2) is 4.79 Å². The van der Waals surface area contributed by atoms with E-state index in [1.807, 2.05) is 14.7 Å². The first-order chi connectivity index (χ1) is 15.2. The Hall–Kier alpha value is -2.32. The van der Waals surface area contributed by atoms with E-state index in [0.29, 0.717) is 39.3 Å². The normalized spacial score (nSPS) is 19.2. The van der Waals surface area contributed by atoms with Crippen LogP contribution in [0.25, 0.3) is 0 Å². The molecule has 184 valence electrons. The average Bonchev–Trinajstić information content (AvgIpc) is 2.77. The summed E-state index contributed by atoms with van der Waals surface area (Å²) in [5.41, 5.74) is 5.86. The number of hydrogen-bond donors (Lipinski definition) is 2. The van der Waals surface area contributed by atoms with Crippen LogP contribution >= 0.6 is 0 Å². The lowest BCUT2D eigenvalue weighted by atomic mass is 10.3. The fourth-order valence-corrected chi connectivity index (χ4v) is 3.20. The van der Waals surface area contributed by atoms with Crippen molar-refractivity contribution in [2.45, 2.75) is 6.17 Å². The Morgan fingerprint density at radius 1 is 0.688 bits per heavy atom. The van der Waals surface area contributed by atoms with Crippen LogP contribution in [0.5, 0.6) is 0 Å². The molecule has 1 rings (SSSR count). The second-order valence-corrected chi connectivity index (χ2v) is 7.38. The third kappa shape index (κ3) is 10.3. The molecule has 0 bridgehead atoms. The summed E-state index contributed by atoms with van der Waals surface area (Å²) in [5, 5.41) is 9.37. The molecule has 1 unspecified atom stereocenters. The van der Waals surface area contributed by atoms with Crippen LogP contribution in [0.2, 0.25) is 0 Å². The second kappa shape index (κ2) is 14.7. The molecular formula is C19H35N5O8. The Morgan fingerprint density at radius 2 is 0.969 bits per heavy atom. The summed E-state index contributed by atoms with van der Waals surface area (Å²) >= 11 is 0. The number of aliphatic carboxylic acids is 1. The quantitative estimate of drug-likeness (QED) is 0.281. The van der Waals surface area contributed by atoms with Gasteiger partial charge in [0, 0.05) is 52.4 Å². The van der Waals surface area contributed by atoms with E-state index in [1.165, 1.54) is 21.3 Å². The van der Waals surface area contributed by atoms with Crippen molar-refractivity contribution in [2.75, 3.05) is 93.3 Å². The fourth-order valence-electron chi connectivity index (χ4n) is 3.20. The average molecular weight is 462 g/mol. The molecule has 0 aromatic carbocycles. The standard InChI is InChI=1S/C19H35N5O8/c1-30-15(25)12-21-4-6-22(13-16(26)31-2)8-10-24(18(20)19(28)29)11-9-23(7-5-21)14-17(27)32-3/h18H,4-14,20H2,1-3H3,(H,28,29). The first kappa shape index (κ1) is 27.7. The highest BCUT2D eigenvalue weighted by Gasteiger charge is 2.25. The number of carboxylic acids is 1. The highest BCUT2D eigenvalue weighted by atomic mass is 16.5. The maximum atomic E-state index is 11.8. The van der Waals surface area contributed by atoms with E-state index >= 15 is 0 Å². The molecule has 1 aliphatic heterocycles. The zero-order chi connectivity index (χ0) is 24.1. The van der Waals surface area contributed by atoms with Gasteiger partial charge in [0.2, 0.25) is 0 Å². The maximum Gasteiger partial charge on any atom is 0.335 e. The SMILES string of the molecule is COC(=O)CN1CCN(CC(=O)OC)CCN(C(N)C(=O)O)CCN(CC(=O)OC)CC1. The van der Waals surface area contributed by atoms with Gasteiger partial charge < -0.3 is 25.1 Å². The first-order valence-electron chi connectivity index (χ1n) is 10.3. The number of hydrogen-bond acceptors (Lipinski definition) is 12. The van der Waals surface area contributed by atoms with Gasteiger partial charge in [0.05, 0.1) is 41.0 Å². The van der Waals surface area contributed by atoms with E-state index in [-0.39, 0.29) is 32.7 Å². The smallest absolute Gasteiger partial charge is 0.335 e. The van der Waals surface area contributed by atoms with Crippen LogP contribution in [0.3, 0.4) is 0 Å². The van der Waals surface area contributed by atoms with Crippen LogP contribution in [-0.4, -0.2) is 148 Å². The molecular weight excluding hydrogens is 426 g/mol. The van der Waals surface area contributed by atoms with Gasteiger partial charge in [0.15, 0.2) is 6.17 Å². The van der Waals surface area contributed by atoms with Crippen LogP contribution < -0.4 is 5.73 Å². The number of carboxylic acid groups (broad SMARTS) is 1. The number of nitrogens with zero attached hydrogens (tertiary/aromatic N) is 4. The largest absolute Gasteiger partial charge is 0.479 e. The lowest BCUT2D eigenvalue weighted by molar-refractivity contribution is -0.145. The zero-order valence-corrected chi connectivity index (χ0v) is 19.0. The van der Waals surface area contributed by atoms with E-state index in [1.54, 1.807) is 4.90 Å². The first-order valence-corrected chi connectivity index (χ1v) is 10.3. The van der Waals surface area contributed by atoms with Crippen LogP contribution in [0.15, 0.2) is 0 Å². The summed E-state index contributed by atoms with van der Waals surface area (Å²) in [6.07, 6.45) is -1.23. The number of carbonyl (C=O) groups is 4.